The fourth-order valence-corrected chi connectivity index (χ4v) is 10.4. The molecule has 5 heteroatoms. The summed E-state index contributed by atoms with van der Waals surface area (Å²) in [6.45, 7) is 11.5. The number of rotatable bonds is 8. The standard InChI is InChI=1S/2C5H9.2C3H6O2.Sn/c2*1-4-5(2)3;2*1-2-3(4)5;/h2*4H,1H2,2-3H3;2*2H2,1H3,(H,4,5);/q;;;;+2/p-2. The maximum atomic E-state index is 11.8. The van der Waals surface area contributed by atoms with Gasteiger partial charge in [0.15, 0.2) is 0 Å². The first-order valence-electron chi connectivity index (χ1n) is 7.45. The van der Waals surface area contributed by atoms with Crippen molar-refractivity contribution in [3.8, 4) is 0 Å². The van der Waals surface area contributed by atoms with Crippen LogP contribution < -0.4 is 0 Å². The molecule has 0 aromatic rings. The molecule has 0 aliphatic carbocycles. The van der Waals surface area contributed by atoms with Crippen molar-refractivity contribution in [1.82, 2.24) is 0 Å². The van der Waals surface area contributed by atoms with E-state index in [0.29, 0.717) is 21.7 Å². The molecule has 0 bridgehead atoms. The minimum atomic E-state index is -3.81. The summed E-state index contributed by atoms with van der Waals surface area (Å²) in [4.78, 5) is 23.6. The summed E-state index contributed by atoms with van der Waals surface area (Å²) in [7, 11) is 0. The molecule has 0 spiro atoms. The molecule has 0 unspecified atom stereocenters. The monoisotopic (exact) mass is 404 g/mol. The molecule has 0 amide bonds. The molecule has 0 atom stereocenters. The van der Waals surface area contributed by atoms with Crippen LogP contribution >= 0.6 is 0 Å². The molecule has 0 fully saturated rings. The minimum absolute atomic E-state index is 0.279. The van der Waals surface area contributed by atoms with E-state index in [1.54, 1.807) is 13.8 Å². The van der Waals surface area contributed by atoms with Gasteiger partial charge in [0.2, 0.25) is 0 Å². The first-order chi connectivity index (χ1) is 9.74. The van der Waals surface area contributed by atoms with Crippen LogP contribution in [0.1, 0.15) is 54.4 Å². The van der Waals surface area contributed by atoms with E-state index in [9.17, 15) is 9.59 Å². The molecule has 0 aliphatic rings. The third-order valence-electron chi connectivity index (χ3n) is 2.82. The predicted octanol–water partition coefficient (Wildman–Crippen LogP) is 4.27. The average molecular weight is 403 g/mol. The van der Waals surface area contributed by atoms with Crippen LogP contribution in [0.3, 0.4) is 0 Å². The van der Waals surface area contributed by atoms with E-state index < -0.39 is 19.2 Å². The second kappa shape index (κ2) is 10.0. The SMILES string of the molecule is CCC(=O)[O][Sn]([CH2]C=C(C)C)([CH2]C=C(C)C)[O]C(=O)CC. The average Bonchev–Trinajstić information content (AvgIpc) is 2.42. The van der Waals surface area contributed by atoms with Crippen molar-refractivity contribution < 1.29 is 15.7 Å². The number of allylic oxidation sites excluding steroid dienone is 4. The quantitative estimate of drug-likeness (QED) is 0.449. The summed E-state index contributed by atoms with van der Waals surface area (Å²) >= 11 is -3.81. The van der Waals surface area contributed by atoms with Gasteiger partial charge >= 0.3 is 133 Å². The molecular formula is C16H28O4Sn. The molecular weight excluding hydrogens is 375 g/mol. The molecule has 120 valence electrons. The summed E-state index contributed by atoms with van der Waals surface area (Å²) in [6, 6.07) is 0. The van der Waals surface area contributed by atoms with Crippen LogP contribution in [0.5, 0.6) is 0 Å². The van der Waals surface area contributed by atoms with Gasteiger partial charge < -0.3 is 0 Å². The van der Waals surface area contributed by atoms with Gasteiger partial charge in [0.25, 0.3) is 0 Å². The molecule has 0 rings (SSSR count). The van der Waals surface area contributed by atoms with Crippen LogP contribution in [-0.2, 0) is 15.7 Å². The van der Waals surface area contributed by atoms with Crippen molar-refractivity contribution in [3.63, 3.8) is 0 Å². The topological polar surface area (TPSA) is 52.6 Å². The van der Waals surface area contributed by atoms with Gasteiger partial charge in [-0.25, -0.2) is 0 Å². The van der Waals surface area contributed by atoms with Crippen LogP contribution in [0, 0.1) is 0 Å². The van der Waals surface area contributed by atoms with E-state index in [2.05, 4.69) is 0 Å². The molecule has 0 radical (unpaired) electrons. The fraction of sp³-hybridized carbons (Fsp3) is 0.625. The Labute approximate surface area is 133 Å². The maximum absolute atomic E-state index is 11.8. The Balaban J connectivity index is 5.43. The molecule has 0 saturated heterocycles. The first kappa shape index (κ1) is 20.2. The number of carbonyl (C=O) groups is 2. The molecule has 0 heterocycles. The first-order valence-corrected chi connectivity index (χ1v) is 13.8. The van der Waals surface area contributed by atoms with Crippen molar-refractivity contribution in [2.75, 3.05) is 0 Å². The van der Waals surface area contributed by atoms with Gasteiger partial charge in [0.1, 0.15) is 0 Å². The van der Waals surface area contributed by atoms with Gasteiger partial charge in [-0.2, -0.15) is 0 Å². The molecule has 4 nitrogen and oxygen atoms in total. The van der Waals surface area contributed by atoms with E-state index in [-0.39, 0.29) is 11.9 Å². The van der Waals surface area contributed by atoms with Gasteiger partial charge in [0.05, 0.1) is 0 Å². The molecule has 0 aromatic carbocycles. The number of hydrogen-bond donors (Lipinski definition) is 0. The van der Waals surface area contributed by atoms with Gasteiger partial charge in [-0.3, -0.25) is 0 Å². The van der Waals surface area contributed by atoms with Crippen LogP contribution in [0.4, 0.5) is 0 Å². The zero-order valence-corrected chi connectivity index (χ0v) is 17.0. The van der Waals surface area contributed by atoms with E-state index in [0.717, 1.165) is 11.1 Å². The Kier molecular flexibility index (Phi) is 9.66. The number of hydrogen-bond acceptors (Lipinski definition) is 4. The molecule has 0 aliphatic heterocycles. The van der Waals surface area contributed by atoms with Crippen molar-refractivity contribution in [2.45, 2.75) is 63.3 Å². The number of carbonyl (C=O) groups excluding carboxylic acids is 2. The second-order valence-electron chi connectivity index (χ2n) is 5.54. The van der Waals surface area contributed by atoms with E-state index in [1.807, 2.05) is 39.8 Å². The van der Waals surface area contributed by atoms with Crippen molar-refractivity contribution >= 4 is 31.1 Å². The summed E-state index contributed by atoms with van der Waals surface area (Å²) in [6.07, 6.45) is 4.62. The van der Waals surface area contributed by atoms with E-state index in [4.69, 9.17) is 6.15 Å². The Morgan fingerprint density at radius 1 is 0.810 bits per heavy atom. The molecule has 0 N–H and O–H groups in total. The summed E-state index contributed by atoms with van der Waals surface area (Å²) in [5, 5.41) is 0. The zero-order valence-electron chi connectivity index (χ0n) is 14.1. The van der Waals surface area contributed by atoms with Gasteiger partial charge in [0, 0.05) is 0 Å². The van der Waals surface area contributed by atoms with Crippen LogP contribution in [0.15, 0.2) is 23.3 Å². The van der Waals surface area contributed by atoms with Gasteiger partial charge in [-0.15, -0.1) is 0 Å². The fourth-order valence-electron chi connectivity index (χ4n) is 1.55. The van der Waals surface area contributed by atoms with Crippen LogP contribution in [-0.4, -0.2) is 31.1 Å². The summed E-state index contributed by atoms with van der Waals surface area (Å²) in [5.74, 6) is -0.557. The Morgan fingerprint density at radius 3 is 1.38 bits per heavy atom. The van der Waals surface area contributed by atoms with Gasteiger partial charge in [-0.05, 0) is 0 Å². The van der Waals surface area contributed by atoms with Crippen molar-refractivity contribution in [3.05, 3.63) is 23.3 Å². The second-order valence-corrected chi connectivity index (χ2v) is 14.2. The molecule has 21 heavy (non-hydrogen) atoms. The Hall–Kier alpha value is -0.781. The van der Waals surface area contributed by atoms with Crippen LogP contribution in [0.2, 0.25) is 8.87 Å². The Morgan fingerprint density at radius 2 is 1.14 bits per heavy atom. The van der Waals surface area contributed by atoms with Crippen molar-refractivity contribution in [1.29, 1.82) is 0 Å². The summed E-state index contributed by atoms with van der Waals surface area (Å²) in [5.41, 5.74) is 2.27. The van der Waals surface area contributed by atoms with E-state index in [1.165, 1.54) is 0 Å². The molecule has 0 aromatic heterocycles. The third-order valence-corrected chi connectivity index (χ3v) is 11.0. The van der Waals surface area contributed by atoms with Gasteiger partial charge in [-0.1, -0.05) is 0 Å². The Bertz CT molecular complexity index is 376. The van der Waals surface area contributed by atoms with E-state index >= 15 is 0 Å². The third kappa shape index (κ3) is 8.96. The normalized spacial score (nSPS) is 10.6. The predicted molar refractivity (Wildman–Crippen MR) is 87.0 cm³/mol. The summed E-state index contributed by atoms with van der Waals surface area (Å²) < 4.78 is 12.5. The molecule has 0 saturated carbocycles. The zero-order chi connectivity index (χ0) is 16.5. The van der Waals surface area contributed by atoms with Crippen molar-refractivity contribution in [2.24, 2.45) is 0 Å². The van der Waals surface area contributed by atoms with Crippen LogP contribution in [0.25, 0.3) is 0 Å².